The number of anilines is 1. The second-order valence-corrected chi connectivity index (χ2v) is 5.86. The van der Waals surface area contributed by atoms with Gasteiger partial charge in [-0.25, -0.2) is 24.9 Å². The zero-order chi connectivity index (χ0) is 16.9. The van der Waals surface area contributed by atoms with Crippen molar-refractivity contribution < 1.29 is 0 Å². The van der Waals surface area contributed by atoms with Crippen LogP contribution in [0.4, 0.5) is 5.82 Å². The molecule has 0 atom stereocenters. The molecule has 2 N–H and O–H groups in total. The van der Waals surface area contributed by atoms with Gasteiger partial charge < -0.3 is 5.73 Å². The highest BCUT2D eigenvalue weighted by Crippen LogP contribution is 2.12. The van der Waals surface area contributed by atoms with Crippen molar-refractivity contribution in [2.45, 2.75) is 67.7 Å². The van der Waals surface area contributed by atoms with E-state index in [4.69, 9.17) is 5.73 Å². The largest absolute Gasteiger partial charge is 0.384 e. The molecule has 2 heterocycles. The molecule has 2 aromatic heterocycles. The van der Waals surface area contributed by atoms with E-state index < -0.39 is 0 Å². The Morgan fingerprint density at radius 2 is 1.22 bits per heavy atom. The van der Waals surface area contributed by atoms with Gasteiger partial charge in [0.2, 0.25) is 0 Å². The quantitative estimate of drug-likeness (QED) is 0.907. The van der Waals surface area contributed by atoms with Crippen LogP contribution in [0.2, 0.25) is 0 Å². The van der Waals surface area contributed by atoms with Crippen LogP contribution in [0.25, 0.3) is 0 Å². The molecule has 0 fully saturated rings. The van der Waals surface area contributed by atoms with E-state index in [0.717, 1.165) is 29.0 Å². The summed E-state index contributed by atoms with van der Waals surface area (Å²) in [6, 6.07) is 1.82. The minimum atomic E-state index is 0. The van der Waals surface area contributed by atoms with Crippen LogP contribution in [0.5, 0.6) is 0 Å². The smallest absolute Gasteiger partial charge is 0.135 e. The highest BCUT2D eigenvalue weighted by atomic mass is 15.0. The topological polar surface area (TPSA) is 90.5 Å². The maximum absolute atomic E-state index is 5.55. The van der Waals surface area contributed by atoms with Crippen LogP contribution in [-0.4, -0.2) is 24.9 Å². The third kappa shape index (κ3) is 7.13. The predicted octanol–water partition coefficient (Wildman–Crippen LogP) is 3.74. The maximum Gasteiger partial charge on any atom is 0.135 e. The Hall–Kier alpha value is -2.11. The first-order valence-corrected chi connectivity index (χ1v) is 7.49. The van der Waals surface area contributed by atoms with E-state index in [1.54, 1.807) is 0 Å². The van der Waals surface area contributed by atoms with Crippen LogP contribution in [0.3, 0.4) is 0 Å². The fourth-order valence-electron chi connectivity index (χ4n) is 1.81. The van der Waals surface area contributed by atoms with Crippen molar-refractivity contribution in [2.24, 2.45) is 0 Å². The van der Waals surface area contributed by atoms with Crippen LogP contribution < -0.4 is 5.73 Å². The van der Waals surface area contributed by atoms with Gasteiger partial charge in [0, 0.05) is 17.7 Å². The molecule has 0 aliphatic heterocycles. The van der Waals surface area contributed by atoms with E-state index in [0.29, 0.717) is 17.7 Å². The lowest BCUT2D eigenvalue weighted by atomic mass is 10.1. The number of nitrogens with two attached hydrogens (primary N) is 1. The SMILES string of the molecule is C.Cc1nc(C)nc(C(C)C)n1.Cc1nc(N)cc(C(C)C)n1. The van der Waals surface area contributed by atoms with Crippen LogP contribution in [0.15, 0.2) is 6.07 Å². The van der Waals surface area contributed by atoms with Crippen LogP contribution in [0.1, 0.15) is 75.9 Å². The minimum absolute atomic E-state index is 0. The third-order valence-corrected chi connectivity index (χ3v) is 2.86. The fourth-order valence-corrected chi connectivity index (χ4v) is 1.81. The molecule has 6 heteroatoms. The van der Waals surface area contributed by atoms with Gasteiger partial charge in [0.05, 0.1) is 0 Å². The molecule has 0 radical (unpaired) electrons. The lowest BCUT2D eigenvalue weighted by molar-refractivity contribution is 0.732. The number of hydrogen-bond acceptors (Lipinski definition) is 6. The van der Waals surface area contributed by atoms with Crippen molar-refractivity contribution in [3.05, 3.63) is 35.1 Å². The number of nitrogen functional groups attached to an aromatic ring is 1. The zero-order valence-electron chi connectivity index (χ0n) is 14.5. The zero-order valence-corrected chi connectivity index (χ0v) is 14.5. The van der Waals surface area contributed by atoms with E-state index in [2.05, 4.69) is 52.6 Å². The van der Waals surface area contributed by atoms with Gasteiger partial charge in [-0.05, 0) is 26.7 Å². The van der Waals surface area contributed by atoms with E-state index in [9.17, 15) is 0 Å². The summed E-state index contributed by atoms with van der Waals surface area (Å²) < 4.78 is 0. The molecule has 0 saturated carbocycles. The molecule has 0 amide bonds. The number of aryl methyl sites for hydroxylation is 3. The minimum Gasteiger partial charge on any atom is -0.384 e. The Kier molecular flexibility index (Phi) is 8.29. The van der Waals surface area contributed by atoms with Gasteiger partial charge in [-0.1, -0.05) is 35.1 Å². The Bertz CT molecular complexity index is 526. The van der Waals surface area contributed by atoms with Crippen LogP contribution in [-0.2, 0) is 0 Å². The molecule has 0 spiro atoms. The van der Waals surface area contributed by atoms with Gasteiger partial charge in [-0.2, -0.15) is 0 Å². The van der Waals surface area contributed by atoms with Crippen molar-refractivity contribution in [3.8, 4) is 0 Å². The lowest BCUT2D eigenvalue weighted by Gasteiger charge is -2.05. The van der Waals surface area contributed by atoms with Gasteiger partial charge in [0.25, 0.3) is 0 Å². The molecule has 6 nitrogen and oxygen atoms in total. The molecule has 0 bridgehead atoms. The average molecular weight is 318 g/mol. The first-order chi connectivity index (χ1) is 10.2. The van der Waals surface area contributed by atoms with E-state index in [-0.39, 0.29) is 7.43 Å². The van der Waals surface area contributed by atoms with Gasteiger partial charge in [0.15, 0.2) is 0 Å². The molecule has 0 aliphatic carbocycles. The Morgan fingerprint density at radius 1 is 0.739 bits per heavy atom. The first kappa shape index (κ1) is 20.9. The van der Waals surface area contributed by atoms with Crippen molar-refractivity contribution in [1.82, 2.24) is 24.9 Å². The van der Waals surface area contributed by atoms with Crippen LogP contribution in [0, 0.1) is 20.8 Å². The summed E-state index contributed by atoms with van der Waals surface area (Å²) in [6.45, 7) is 14.0. The lowest BCUT2D eigenvalue weighted by Crippen LogP contribution is -2.03. The van der Waals surface area contributed by atoms with Crippen molar-refractivity contribution in [3.63, 3.8) is 0 Å². The molecule has 0 saturated heterocycles. The fraction of sp³-hybridized carbons (Fsp3) is 0.588. The van der Waals surface area contributed by atoms with Gasteiger partial charge in [-0.15, -0.1) is 0 Å². The number of rotatable bonds is 2. The number of aromatic nitrogens is 5. The summed E-state index contributed by atoms with van der Waals surface area (Å²) in [5, 5.41) is 0. The van der Waals surface area contributed by atoms with Crippen LogP contribution >= 0.6 is 0 Å². The predicted molar refractivity (Wildman–Crippen MR) is 95.4 cm³/mol. The monoisotopic (exact) mass is 318 g/mol. The molecule has 2 aromatic rings. The number of nitrogens with zero attached hydrogens (tertiary/aromatic N) is 5. The van der Waals surface area contributed by atoms with E-state index in [1.807, 2.05) is 26.8 Å². The van der Waals surface area contributed by atoms with Crippen molar-refractivity contribution in [2.75, 3.05) is 5.73 Å². The average Bonchev–Trinajstić information content (AvgIpc) is 2.37. The van der Waals surface area contributed by atoms with Gasteiger partial charge >= 0.3 is 0 Å². The molecule has 0 aromatic carbocycles. The summed E-state index contributed by atoms with van der Waals surface area (Å²) in [4.78, 5) is 20.7. The summed E-state index contributed by atoms with van der Waals surface area (Å²) in [6.07, 6.45) is 0. The molecule has 128 valence electrons. The first-order valence-electron chi connectivity index (χ1n) is 7.49. The maximum atomic E-state index is 5.55. The van der Waals surface area contributed by atoms with E-state index >= 15 is 0 Å². The Balaban J connectivity index is 0.000000403. The summed E-state index contributed by atoms with van der Waals surface area (Å²) in [5.74, 6) is 4.60. The molecular weight excluding hydrogens is 288 g/mol. The molecule has 23 heavy (non-hydrogen) atoms. The molecule has 0 unspecified atom stereocenters. The second-order valence-electron chi connectivity index (χ2n) is 5.86. The standard InChI is InChI=1S/2C8H13N3.CH4/c1-5(2)8-10-6(3)9-7(4)11-8;1-5(2)7-4-8(9)11-6(3)10-7;/h5H,1-4H3;4-5H,1-3H3,(H2,9,10,11);1H4. The molecule has 0 aliphatic rings. The third-order valence-electron chi connectivity index (χ3n) is 2.86. The summed E-state index contributed by atoms with van der Waals surface area (Å²) in [5.41, 5.74) is 6.56. The van der Waals surface area contributed by atoms with Gasteiger partial charge in [-0.3, -0.25) is 0 Å². The Labute approximate surface area is 140 Å². The normalized spacial score (nSPS) is 10.1. The molecular formula is C17H30N6. The number of hydrogen-bond donors (Lipinski definition) is 1. The van der Waals surface area contributed by atoms with Gasteiger partial charge in [0.1, 0.15) is 29.1 Å². The summed E-state index contributed by atoms with van der Waals surface area (Å²) in [7, 11) is 0. The second kappa shape index (κ2) is 9.12. The summed E-state index contributed by atoms with van der Waals surface area (Å²) >= 11 is 0. The van der Waals surface area contributed by atoms with Crippen molar-refractivity contribution in [1.29, 1.82) is 0 Å². The Morgan fingerprint density at radius 3 is 1.61 bits per heavy atom. The van der Waals surface area contributed by atoms with E-state index in [1.165, 1.54) is 0 Å². The highest BCUT2D eigenvalue weighted by Gasteiger charge is 2.04. The van der Waals surface area contributed by atoms with Crippen molar-refractivity contribution >= 4 is 5.82 Å². The molecule has 2 rings (SSSR count). The highest BCUT2D eigenvalue weighted by molar-refractivity contribution is 5.30.